The molecule has 1 unspecified atom stereocenters. The Kier molecular flexibility index (Phi) is 3.42. The highest BCUT2D eigenvalue weighted by Gasteiger charge is 2.45. The van der Waals surface area contributed by atoms with Crippen LogP contribution in [0.15, 0.2) is 59.7 Å². The number of phenols is 1. The maximum atomic E-state index is 12.7. The normalized spacial score (nSPS) is 20.8. The van der Waals surface area contributed by atoms with E-state index in [2.05, 4.69) is 5.10 Å². The Morgan fingerprint density at radius 2 is 1.77 bits per heavy atom. The van der Waals surface area contributed by atoms with E-state index in [1.165, 1.54) is 12.1 Å². The van der Waals surface area contributed by atoms with Crippen LogP contribution in [-0.2, 0) is 5.72 Å². The summed E-state index contributed by atoms with van der Waals surface area (Å²) in [7, 11) is 0. The van der Waals surface area contributed by atoms with Crippen molar-refractivity contribution in [3.63, 3.8) is 0 Å². The summed E-state index contributed by atoms with van der Waals surface area (Å²) < 4.78 is 0. The zero-order valence-electron chi connectivity index (χ0n) is 12.1. The molecule has 1 atom stereocenters. The van der Waals surface area contributed by atoms with Gasteiger partial charge in [0.25, 0.3) is 5.91 Å². The topological polar surface area (TPSA) is 73.1 Å². The van der Waals surface area contributed by atoms with Gasteiger partial charge >= 0.3 is 0 Å². The van der Waals surface area contributed by atoms with Crippen LogP contribution >= 0.6 is 0 Å². The van der Waals surface area contributed by atoms with Crippen LogP contribution in [0.4, 0.5) is 0 Å². The predicted octanol–water partition coefficient (Wildman–Crippen LogP) is 2.46. The number of aromatic hydroxyl groups is 1. The molecule has 22 heavy (non-hydrogen) atoms. The molecule has 2 aromatic carbocycles. The van der Waals surface area contributed by atoms with Gasteiger partial charge in [-0.25, -0.2) is 0 Å². The quantitative estimate of drug-likeness (QED) is 0.894. The van der Waals surface area contributed by atoms with E-state index in [1.807, 2.05) is 6.07 Å². The Morgan fingerprint density at radius 3 is 2.45 bits per heavy atom. The Morgan fingerprint density at radius 1 is 1.14 bits per heavy atom. The van der Waals surface area contributed by atoms with E-state index in [0.29, 0.717) is 11.3 Å². The van der Waals surface area contributed by atoms with Gasteiger partial charge < -0.3 is 10.2 Å². The number of rotatable bonds is 2. The van der Waals surface area contributed by atoms with Gasteiger partial charge in [0.05, 0.1) is 5.56 Å². The summed E-state index contributed by atoms with van der Waals surface area (Å²) in [6.07, 6.45) is 0.232. The number of hydrazone groups is 1. The fraction of sp³-hybridized carbons (Fsp3) is 0.176. The first-order chi connectivity index (χ1) is 10.5. The lowest BCUT2D eigenvalue weighted by atomic mass is 9.97. The van der Waals surface area contributed by atoms with Crippen molar-refractivity contribution in [2.24, 2.45) is 5.10 Å². The van der Waals surface area contributed by atoms with Crippen molar-refractivity contribution in [1.29, 1.82) is 0 Å². The Labute approximate surface area is 128 Å². The van der Waals surface area contributed by atoms with E-state index in [0.717, 1.165) is 5.01 Å². The van der Waals surface area contributed by atoms with Gasteiger partial charge in [0.15, 0.2) is 5.72 Å². The van der Waals surface area contributed by atoms with Crippen molar-refractivity contribution in [3.05, 3.63) is 65.7 Å². The molecule has 1 heterocycles. The van der Waals surface area contributed by atoms with Crippen LogP contribution in [0.3, 0.4) is 0 Å². The average Bonchev–Trinajstić information content (AvgIpc) is 2.84. The highest BCUT2D eigenvalue weighted by Crippen LogP contribution is 2.37. The largest absolute Gasteiger partial charge is 0.507 e. The number of phenolic OH excluding ortho intramolecular Hbond substituents is 1. The Balaban J connectivity index is 2.04. The Bertz CT molecular complexity index is 743. The molecule has 5 heteroatoms. The minimum absolute atomic E-state index is 0.107. The summed E-state index contributed by atoms with van der Waals surface area (Å²) in [6, 6.07) is 15.2. The number of carbonyl (C=O) groups is 1. The van der Waals surface area contributed by atoms with Crippen LogP contribution in [0.2, 0.25) is 0 Å². The zero-order chi connectivity index (χ0) is 15.7. The third-order valence-electron chi connectivity index (χ3n) is 3.69. The van der Waals surface area contributed by atoms with Crippen LogP contribution in [0, 0.1) is 0 Å². The van der Waals surface area contributed by atoms with Crippen molar-refractivity contribution in [2.45, 2.75) is 19.1 Å². The summed E-state index contributed by atoms with van der Waals surface area (Å²) in [4.78, 5) is 12.7. The second-order valence-electron chi connectivity index (χ2n) is 5.33. The Hall–Kier alpha value is -2.66. The van der Waals surface area contributed by atoms with Crippen LogP contribution < -0.4 is 0 Å². The lowest BCUT2D eigenvalue weighted by molar-refractivity contribution is -0.0766. The first-order valence-corrected chi connectivity index (χ1v) is 6.97. The molecule has 0 aliphatic carbocycles. The van der Waals surface area contributed by atoms with E-state index < -0.39 is 11.6 Å². The average molecular weight is 296 g/mol. The van der Waals surface area contributed by atoms with E-state index in [1.54, 1.807) is 43.3 Å². The monoisotopic (exact) mass is 296 g/mol. The second-order valence-corrected chi connectivity index (χ2v) is 5.33. The molecule has 5 nitrogen and oxygen atoms in total. The van der Waals surface area contributed by atoms with Crippen LogP contribution in [0.5, 0.6) is 5.75 Å². The molecule has 1 amide bonds. The van der Waals surface area contributed by atoms with Gasteiger partial charge in [0, 0.05) is 17.7 Å². The maximum Gasteiger partial charge on any atom is 0.280 e. The van der Waals surface area contributed by atoms with Crippen LogP contribution in [0.1, 0.15) is 29.3 Å². The molecule has 0 fully saturated rings. The van der Waals surface area contributed by atoms with Crippen molar-refractivity contribution >= 4 is 11.6 Å². The molecule has 1 aliphatic heterocycles. The number of para-hydroxylation sites is 1. The van der Waals surface area contributed by atoms with Gasteiger partial charge in [-0.3, -0.25) is 4.79 Å². The molecular weight excluding hydrogens is 280 g/mol. The van der Waals surface area contributed by atoms with Gasteiger partial charge in [-0.15, -0.1) is 0 Å². The lowest BCUT2D eigenvalue weighted by Crippen LogP contribution is -2.43. The van der Waals surface area contributed by atoms with Crippen molar-refractivity contribution < 1.29 is 15.0 Å². The third kappa shape index (κ3) is 2.25. The number of aliphatic hydroxyl groups is 1. The molecule has 0 bridgehead atoms. The second kappa shape index (κ2) is 5.27. The van der Waals surface area contributed by atoms with E-state index in [-0.39, 0.29) is 17.7 Å². The number of amides is 1. The summed E-state index contributed by atoms with van der Waals surface area (Å²) in [5.41, 5.74) is -0.199. The molecule has 0 radical (unpaired) electrons. The number of hydrogen-bond donors (Lipinski definition) is 2. The van der Waals surface area contributed by atoms with E-state index in [9.17, 15) is 15.0 Å². The molecule has 0 saturated carbocycles. The lowest BCUT2D eigenvalue weighted by Gasteiger charge is -2.31. The smallest absolute Gasteiger partial charge is 0.280 e. The highest BCUT2D eigenvalue weighted by molar-refractivity contribution is 5.99. The van der Waals surface area contributed by atoms with Crippen molar-refractivity contribution in [2.75, 3.05) is 0 Å². The van der Waals surface area contributed by atoms with Crippen molar-refractivity contribution in [3.8, 4) is 5.75 Å². The third-order valence-corrected chi connectivity index (χ3v) is 3.69. The molecule has 112 valence electrons. The van der Waals surface area contributed by atoms with Gasteiger partial charge in [-0.05, 0) is 19.1 Å². The van der Waals surface area contributed by atoms with Crippen LogP contribution in [0.25, 0.3) is 0 Å². The SMILES string of the molecule is CC1=NN(C(=O)c2ccccc2O)C(O)(c2ccccc2)C1. The molecule has 0 aromatic heterocycles. The molecule has 1 aliphatic rings. The highest BCUT2D eigenvalue weighted by atomic mass is 16.3. The van der Waals surface area contributed by atoms with Gasteiger partial charge in [-0.1, -0.05) is 42.5 Å². The predicted molar refractivity (Wildman–Crippen MR) is 82.3 cm³/mol. The standard InChI is InChI=1S/C17H16N2O3/c1-12-11-17(22,13-7-3-2-4-8-13)19(18-12)16(21)14-9-5-6-10-15(14)20/h2-10,20,22H,11H2,1H3. The molecule has 0 spiro atoms. The molecule has 2 N–H and O–H groups in total. The fourth-order valence-electron chi connectivity index (χ4n) is 2.63. The number of nitrogens with zero attached hydrogens (tertiary/aromatic N) is 2. The van der Waals surface area contributed by atoms with Crippen LogP contribution in [-0.4, -0.2) is 26.8 Å². The molecule has 0 saturated heterocycles. The van der Waals surface area contributed by atoms with E-state index in [4.69, 9.17) is 0 Å². The minimum Gasteiger partial charge on any atom is -0.507 e. The number of hydrogen-bond acceptors (Lipinski definition) is 4. The van der Waals surface area contributed by atoms with Gasteiger partial charge in [0.1, 0.15) is 5.75 Å². The summed E-state index contributed by atoms with van der Waals surface area (Å²) >= 11 is 0. The first kappa shape index (κ1) is 14.3. The summed E-state index contributed by atoms with van der Waals surface area (Å²) in [6.45, 7) is 1.76. The molecule has 2 aromatic rings. The number of carbonyl (C=O) groups excluding carboxylic acids is 1. The minimum atomic E-state index is -1.54. The zero-order valence-corrected chi connectivity index (χ0v) is 12.1. The van der Waals surface area contributed by atoms with Gasteiger partial charge in [-0.2, -0.15) is 10.1 Å². The van der Waals surface area contributed by atoms with Crippen molar-refractivity contribution in [1.82, 2.24) is 5.01 Å². The first-order valence-electron chi connectivity index (χ1n) is 6.97. The van der Waals surface area contributed by atoms with Gasteiger partial charge in [0.2, 0.25) is 0 Å². The van der Waals surface area contributed by atoms with E-state index >= 15 is 0 Å². The summed E-state index contributed by atoms with van der Waals surface area (Å²) in [5, 5.41) is 26.1. The molecular formula is C17H16N2O3. The molecule has 3 rings (SSSR count). The number of benzene rings is 2. The fourth-order valence-corrected chi connectivity index (χ4v) is 2.63. The maximum absolute atomic E-state index is 12.7. The summed E-state index contributed by atoms with van der Waals surface area (Å²) in [5.74, 6) is -0.677.